The summed E-state index contributed by atoms with van der Waals surface area (Å²) in [6, 6.07) is 14.2. The number of guanidine groups is 1. The molecule has 0 atom stereocenters. The van der Waals surface area contributed by atoms with E-state index >= 15 is 0 Å². The van der Waals surface area contributed by atoms with Crippen molar-refractivity contribution in [3.05, 3.63) is 76.6 Å². The minimum Gasteiger partial charge on any atom is -0.493 e. The molecule has 0 unspecified atom stereocenters. The summed E-state index contributed by atoms with van der Waals surface area (Å²) in [6.45, 7) is 2.19. The van der Waals surface area contributed by atoms with Crippen molar-refractivity contribution < 1.29 is 19.0 Å². The molecule has 2 N–H and O–H groups in total. The molecular weight excluding hydrogens is 444 g/mol. The Bertz CT molecular complexity index is 1130. The lowest BCUT2D eigenvalue weighted by Gasteiger charge is -2.16. The number of methoxy groups -OCH3 is 3. The first kappa shape index (κ1) is 23.9. The number of ether oxygens (including phenoxy) is 3. The van der Waals surface area contributed by atoms with Crippen molar-refractivity contribution in [3.8, 4) is 17.2 Å². The van der Waals surface area contributed by atoms with Gasteiger partial charge in [-0.3, -0.25) is 15.1 Å². The molecule has 1 aromatic heterocycles. The van der Waals surface area contributed by atoms with Crippen LogP contribution >= 0.6 is 11.6 Å². The Morgan fingerprint density at radius 1 is 1.03 bits per heavy atom. The van der Waals surface area contributed by atoms with Crippen LogP contribution in [0.1, 0.15) is 21.6 Å². The summed E-state index contributed by atoms with van der Waals surface area (Å²) in [7, 11) is 4.47. The van der Waals surface area contributed by atoms with Crippen LogP contribution in [0.5, 0.6) is 17.2 Å². The Balaban J connectivity index is 1.91. The Labute approximate surface area is 197 Å². The monoisotopic (exact) mass is 468 g/mol. The third kappa shape index (κ3) is 6.14. The van der Waals surface area contributed by atoms with E-state index in [0.717, 1.165) is 11.3 Å². The number of nitrogens with zero attached hydrogens (tertiary/aromatic N) is 2. The molecule has 1 amide bonds. The van der Waals surface area contributed by atoms with Crippen molar-refractivity contribution in [1.82, 2.24) is 10.3 Å². The molecule has 172 valence electrons. The summed E-state index contributed by atoms with van der Waals surface area (Å²) >= 11 is 6.37. The van der Waals surface area contributed by atoms with Crippen molar-refractivity contribution in [2.24, 2.45) is 4.99 Å². The molecule has 3 aromatic rings. The number of nitrogens with one attached hydrogen (secondary N) is 2. The van der Waals surface area contributed by atoms with Gasteiger partial charge in [-0.2, -0.15) is 0 Å². The number of rotatable bonds is 7. The second-order valence-corrected chi connectivity index (χ2v) is 7.37. The first-order valence-electron chi connectivity index (χ1n) is 10.0. The zero-order valence-electron chi connectivity index (χ0n) is 18.8. The van der Waals surface area contributed by atoms with Gasteiger partial charge in [-0.1, -0.05) is 23.7 Å². The number of hydrogen-bond donors (Lipinski definition) is 2. The molecule has 3 rings (SSSR count). The number of hydrogen-bond acceptors (Lipinski definition) is 6. The van der Waals surface area contributed by atoms with Gasteiger partial charge in [0.1, 0.15) is 0 Å². The number of carbonyl (C=O) groups is 1. The van der Waals surface area contributed by atoms with Gasteiger partial charge < -0.3 is 19.5 Å². The predicted molar refractivity (Wildman–Crippen MR) is 129 cm³/mol. The zero-order valence-corrected chi connectivity index (χ0v) is 19.6. The second kappa shape index (κ2) is 11.2. The topological polar surface area (TPSA) is 94.1 Å². The highest BCUT2D eigenvalue weighted by molar-refractivity contribution is 6.34. The molecule has 0 saturated heterocycles. The van der Waals surface area contributed by atoms with Crippen molar-refractivity contribution in [2.75, 3.05) is 26.6 Å². The number of carbonyl (C=O) groups excluding carboxylic acids is 1. The van der Waals surface area contributed by atoms with Crippen LogP contribution in [-0.2, 0) is 6.54 Å². The van der Waals surface area contributed by atoms with E-state index in [1.807, 2.05) is 43.3 Å². The Kier molecular flexibility index (Phi) is 8.10. The van der Waals surface area contributed by atoms with Gasteiger partial charge in [0.2, 0.25) is 11.7 Å². The molecule has 0 aliphatic carbocycles. The van der Waals surface area contributed by atoms with Crippen LogP contribution in [0.4, 0.5) is 5.69 Å². The van der Waals surface area contributed by atoms with Crippen molar-refractivity contribution >= 4 is 29.2 Å². The van der Waals surface area contributed by atoms with Gasteiger partial charge in [0.25, 0.3) is 5.91 Å². The van der Waals surface area contributed by atoms with Crippen LogP contribution in [0.15, 0.2) is 59.7 Å². The van der Waals surface area contributed by atoms with Crippen LogP contribution in [0.3, 0.4) is 0 Å². The normalized spacial score (nSPS) is 11.0. The summed E-state index contributed by atoms with van der Waals surface area (Å²) in [6.07, 6.45) is 1.68. The highest BCUT2D eigenvalue weighted by Gasteiger charge is 2.18. The molecule has 0 spiro atoms. The highest BCUT2D eigenvalue weighted by atomic mass is 35.5. The fourth-order valence-electron chi connectivity index (χ4n) is 3.00. The van der Waals surface area contributed by atoms with E-state index in [1.54, 1.807) is 18.3 Å². The number of pyridine rings is 1. The van der Waals surface area contributed by atoms with E-state index in [2.05, 4.69) is 20.6 Å². The first-order valence-corrected chi connectivity index (χ1v) is 10.4. The average Bonchev–Trinajstić information content (AvgIpc) is 2.83. The molecule has 0 fully saturated rings. The van der Waals surface area contributed by atoms with E-state index < -0.39 is 5.91 Å². The highest BCUT2D eigenvalue weighted by Crippen LogP contribution is 2.38. The van der Waals surface area contributed by atoms with Gasteiger partial charge >= 0.3 is 0 Å². The van der Waals surface area contributed by atoms with E-state index in [0.29, 0.717) is 33.5 Å². The molecule has 8 nitrogen and oxygen atoms in total. The summed E-state index contributed by atoms with van der Waals surface area (Å²) < 4.78 is 16.0. The fourth-order valence-corrected chi connectivity index (χ4v) is 3.29. The van der Waals surface area contributed by atoms with E-state index in [-0.39, 0.29) is 12.5 Å². The largest absolute Gasteiger partial charge is 0.493 e. The molecule has 0 aliphatic rings. The van der Waals surface area contributed by atoms with E-state index in [9.17, 15) is 4.79 Å². The summed E-state index contributed by atoms with van der Waals surface area (Å²) in [5.41, 5.74) is 2.66. The molecule has 9 heteroatoms. The maximum atomic E-state index is 13.1. The minimum atomic E-state index is -0.426. The third-order valence-electron chi connectivity index (χ3n) is 4.66. The van der Waals surface area contributed by atoms with Crippen molar-refractivity contribution in [3.63, 3.8) is 0 Å². The molecule has 33 heavy (non-hydrogen) atoms. The quantitative estimate of drug-likeness (QED) is 0.392. The number of aliphatic imine (C=N–C) groups is 1. The standard InChI is InChI=1S/C24H25ClN4O4/c1-15-8-9-19(18(25)11-15)28-24(27-14-17-7-5-6-10-26-17)29-23(30)16-12-20(31-2)22(33-4)21(13-16)32-3/h5-13H,14H2,1-4H3,(H2,27,28,29,30). The molecule has 0 radical (unpaired) electrons. The number of halogens is 1. The summed E-state index contributed by atoms with van der Waals surface area (Å²) in [5, 5.41) is 6.39. The summed E-state index contributed by atoms with van der Waals surface area (Å²) in [4.78, 5) is 21.9. The van der Waals surface area contributed by atoms with Gasteiger partial charge in [-0.05, 0) is 48.9 Å². The number of aromatic nitrogens is 1. The van der Waals surface area contributed by atoms with Gasteiger partial charge in [-0.15, -0.1) is 0 Å². The van der Waals surface area contributed by atoms with E-state index in [1.165, 1.54) is 21.3 Å². The lowest BCUT2D eigenvalue weighted by Crippen LogP contribution is -2.36. The van der Waals surface area contributed by atoms with Crippen LogP contribution in [0, 0.1) is 6.92 Å². The van der Waals surface area contributed by atoms with Gasteiger partial charge in [0, 0.05) is 11.8 Å². The molecule has 2 aromatic carbocycles. The van der Waals surface area contributed by atoms with Gasteiger partial charge in [0.15, 0.2) is 11.5 Å². The number of amides is 1. The van der Waals surface area contributed by atoms with E-state index in [4.69, 9.17) is 25.8 Å². The maximum absolute atomic E-state index is 13.1. The first-order chi connectivity index (χ1) is 15.9. The lowest BCUT2D eigenvalue weighted by molar-refractivity contribution is 0.0976. The SMILES string of the molecule is COc1cc(C(=O)NC(=NCc2ccccn2)Nc2ccc(C)cc2Cl)cc(OC)c1OC. The minimum absolute atomic E-state index is 0.213. The van der Waals surface area contributed by atoms with Crippen molar-refractivity contribution in [1.29, 1.82) is 0 Å². The number of benzene rings is 2. The number of aryl methyl sites for hydroxylation is 1. The molecule has 0 bridgehead atoms. The van der Waals surface area contributed by atoms with Crippen LogP contribution in [0.2, 0.25) is 5.02 Å². The predicted octanol–water partition coefficient (Wildman–Crippen LogP) is 4.47. The zero-order chi connectivity index (χ0) is 23.8. The smallest absolute Gasteiger partial charge is 0.258 e. The molecule has 1 heterocycles. The molecular formula is C24H25ClN4O4. The molecule has 0 aliphatic heterocycles. The molecule has 0 saturated carbocycles. The lowest BCUT2D eigenvalue weighted by atomic mass is 10.1. The fraction of sp³-hybridized carbons (Fsp3) is 0.208. The Morgan fingerprint density at radius 2 is 1.76 bits per heavy atom. The van der Waals surface area contributed by atoms with Gasteiger partial charge in [-0.25, -0.2) is 4.99 Å². The average molecular weight is 469 g/mol. The van der Waals surface area contributed by atoms with Crippen LogP contribution in [-0.4, -0.2) is 38.2 Å². The Morgan fingerprint density at radius 3 is 2.33 bits per heavy atom. The van der Waals surface area contributed by atoms with Crippen LogP contribution in [0.25, 0.3) is 0 Å². The maximum Gasteiger partial charge on any atom is 0.258 e. The summed E-state index contributed by atoms with van der Waals surface area (Å²) in [5.74, 6) is 0.909. The second-order valence-electron chi connectivity index (χ2n) is 6.96. The number of anilines is 1. The van der Waals surface area contributed by atoms with Gasteiger partial charge in [0.05, 0.1) is 44.3 Å². The third-order valence-corrected chi connectivity index (χ3v) is 4.97. The van der Waals surface area contributed by atoms with Crippen LogP contribution < -0.4 is 24.8 Å². The Hall–Kier alpha value is -3.78. The van der Waals surface area contributed by atoms with Crippen molar-refractivity contribution in [2.45, 2.75) is 13.5 Å².